The number of hydrazone groups is 1. The first-order valence-electron chi connectivity index (χ1n) is 8.14. The number of amidine groups is 1. The molecule has 7 nitrogen and oxygen atoms in total. The number of benzene rings is 2. The summed E-state index contributed by atoms with van der Waals surface area (Å²) in [5.41, 5.74) is 8.82. The van der Waals surface area contributed by atoms with Crippen molar-refractivity contribution < 1.29 is 4.74 Å². The van der Waals surface area contributed by atoms with E-state index in [0.717, 1.165) is 37.5 Å². The number of hydrazine groups is 2. The Morgan fingerprint density at radius 1 is 1.11 bits per heavy atom. The van der Waals surface area contributed by atoms with Crippen LogP contribution in [0.3, 0.4) is 0 Å². The van der Waals surface area contributed by atoms with Crippen molar-refractivity contribution in [3.8, 4) is 11.4 Å². The molecule has 0 radical (unpaired) electrons. The summed E-state index contributed by atoms with van der Waals surface area (Å²) in [6, 6.07) is 15.9. The molecular weight excluding hydrogens is 476 g/mol. The predicted molar refractivity (Wildman–Crippen MR) is 110 cm³/mol. The van der Waals surface area contributed by atoms with Gasteiger partial charge in [-0.05, 0) is 51.8 Å². The van der Waals surface area contributed by atoms with Gasteiger partial charge in [0, 0.05) is 4.47 Å². The SMILES string of the molecule is COc1ccc(CN2NNN=C2c2cnn(-c3cccc(Br)c3)c2Br)cc1. The minimum absolute atomic E-state index is 0.629. The van der Waals surface area contributed by atoms with Gasteiger partial charge < -0.3 is 4.74 Å². The Kier molecular flexibility index (Phi) is 5.15. The Morgan fingerprint density at radius 2 is 1.93 bits per heavy atom. The second-order valence-corrected chi connectivity index (χ2v) is 7.50. The van der Waals surface area contributed by atoms with Gasteiger partial charge in [-0.25, -0.2) is 10.2 Å². The summed E-state index contributed by atoms with van der Waals surface area (Å²) in [6.45, 7) is 0.629. The van der Waals surface area contributed by atoms with Gasteiger partial charge in [0.15, 0.2) is 5.84 Å². The van der Waals surface area contributed by atoms with Crippen LogP contribution in [0, 0.1) is 0 Å². The molecule has 2 N–H and O–H groups in total. The van der Waals surface area contributed by atoms with Crippen molar-refractivity contribution in [2.24, 2.45) is 5.10 Å². The van der Waals surface area contributed by atoms with Crippen molar-refractivity contribution in [2.75, 3.05) is 7.11 Å². The van der Waals surface area contributed by atoms with Crippen LogP contribution in [-0.4, -0.2) is 27.7 Å². The van der Waals surface area contributed by atoms with Crippen molar-refractivity contribution in [3.05, 3.63) is 74.9 Å². The number of methoxy groups -OCH3 is 1. The highest BCUT2D eigenvalue weighted by atomic mass is 79.9. The first-order chi connectivity index (χ1) is 13.2. The van der Waals surface area contributed by atoms with Crippen LogP contribution in [0.4, 0.5) is 0 Å². The molecule has 2 heterocycles. The summed E-state index contributed by atoms with van der Waals surface area (Å²) in [5, 5.41) is 10.8. The third kappa shape index (κ3) is 3.71. The van der Waals surface area contributed by atoms with Crippen molar-refractivity contribution in [3.63, 3.8) is 0 Å². The van der Waals surface area contributed by atoms with E-state index < -0.39 is 0 Å². The average molecular weight is 492 g/mol. The zero-order valence-corrected chi connectivity index (χ0v) is 17.5. The molecule has 1 aromatic heterocycles. The van der Waals surface area contributed by atoms with Crippen LogP contribution in [0.15, 0.2) is 68.9 Å². The summed E-state index contributed by atoms with van der Waals surface area (Å²) >= 11 is 7.16. The van der Waals surface area contributed by atoms with Gasteiger partial charge in [-0.3, -0.25) is 5.01 Å². The van der Waals surface area contributed by atoms with E-state index in [2.05, 4.69) is 53.1 Å². The Morgan fingerprint density at radius 3 is 2.67 bits per heavy atom. The van der Waals surface area contributed by atoms with Gasteiger partial charge in [-0.2, -0.15) is 5.10 Å². The molecule has 0 unspecified atom stereocenters. The highest BCUT2D eigenvalue weighted by Crippen LogP contribution is 2.25. The molecule has 0 saturated carbocycles. The Balaban J connectivity index is 1.59. The Hall–Kier alpha value is -2.36. The van der Waals surface area contributed by atoms with Crippen LogP contribution in [0.25, 0.3) is 5.69 Å². The van der Waals surface area contributed by atoms with Crippen LogP contribution in [0.5, 0.6) is 5.75 Å². The lowest BCUT2D eigenvalue weighted by atomic mass is 10.2. The second kappa shape index (κ2) is 7.71. The van der Waals surface area contributed by atoms with Gasteiger partial charge >= 0.3 is 0 Å². The number of halogens is 2. The van der Waals surface area contributed by atoms with E-state index in [1.807, 2.05) is 58.2 Å². The zero-order valence-electron chi connectivity index (χ0n) is 14.4. The summed E-state index contributed by atoms with van der Waals surface area (Å²) in [6.07, 6.45) is 1.79. The largest absolute Gasteiger partial charge is 0.497 e. The van der Waals surface area contributed by atoms with E-state index in [-0.39, 0.29) is 0 Å². The van der Waals surface area contributed by atoms with Gasteiger partial charge in [0.25, 0.3) is 0 Å². The lowest BCUT2D eigenvalue weighted by Gasteiger charge is -2.18. The van der Waals surface area contributed by atoms with Crippen LogP contribution >= 0.6 is 31.9 Å². The quantitative estimate of drug-likeness (QED) is 0.570. The Labute approximate surface area is 173 Å². The number of hydrogen-bond donors (Lipinski definition) is 2. The lowest BCUT2D eigenvalue weighted by molar-refractivity contribution is 0.288. The van der Waals surface area contributed by atoms with E-state index in [1.54, 1.807) is 13.3 Å². The number of aromatic nitrogens is 2. The third-order valence-electron chi connectivity index (χ3n) is 4.11. The van der Waals surface area contributed by atoms with Crippen LogP contribution in [0.1, 0.15) is 11.1 Å². The van der Waals surface area contributed by atoms with Gasteiger partial charge in [0.05, 0.1) is 31.1 Å². The molecule has 3 aromatic rings. The van der Waals surface area contributed by atoms with Crippen LogP contribution in [0.2, 0.25) is 0 Å². The average Bonchev–Trinajstić information content (AvgIpc) is 3.28. The zero-order chi connectivity index (χ0) is 18.8. The van der Waals surface area contributed by atoms with Gasteiger partial charge in [0.2, 0.25) is 0 Å². The first kappa shape index (κ1) is 18.0. The lowest BCUT2D eigenvalue weighted by Crippen LogP contribution is -2.40. The van der Waals surface area contributed by atoms with Crippen molar-refractivity contribution >= 4 is 37.7 Å². The number of ether oxygens (including phenoxy) is 1. The summed E-state index contributed by atoms with van der Waals surface area (Å²) in [4.78, 5) is 0. The van der Waals surface area contributed by atoms with Crippen LogP contribution < -0.4 is 15.8 Å². The van der Waals surface area contributed by atoms with E-state index in [9.17, 15) is 0 Å². The first-order valence-corrected chi connectivity index (χ1v) is 9.73. The molecule has 27 heavy (non-hydrogen) atoms. The molecule has 0 saturated heterocycles. The molecule has 0 amide bonds. The van der Waals surface area contributed by atoms with Gasteiger partial charge in [-0.15, -0.1) is 10.6 Å². The molecule has 9 heteroatoms. The smallest absolute Gasteiger partial charge is 0.177 e. The molecule has 0 atom stereocenters. The molecule has 1 aliphatic rings. The fourth-order valence-electron chi connectivity index (χ4n) is 2.76. The molecule has 0 aliphatic carbocycles. The molecule has 0 spiro atoms. The minimum Gasteiger partial charge on any atom is -0.497 e. The van der Waals surface area contributed by atoms with E-state index in [4.69, 9.17) is 4.74 Å². The monoisotopic (exact) mass is 490 g/mol. The maximum atomic E-state index is 5.21. The number of rotatable bonds is 5. The number of nitrogens with one attached hydrogen (secondary N) is 2. The van der Waals surface area contributed by atoms with E-state index in [1.165, 1.54) is 0 Å². The van der Waals surface area contributed by atoms with Crippen LogP contribution in [-0.2, 0) is 6.54 Å². The summed E-state index contributed by atoms with van der Waals surface area (Å²) in [7, 11) is 1.66. The molecule has 0 fully saturated rings. The summed E-state index contributed by atoms with van der Waals surface area (Å²) < 4.78 is 8.85. The Bertz CT molecular complexity index is 986. The van der Waals surface area contributed by atoms with Crippen molar-refractivity contribution in [1.29, 1.82) is 0 Å². The fourth-order valence-corrected chi connectivity index (χ4v) is 3.72. The molecule has 2 aromatic carbocycles. The molecule has 1 aliphatic heterocycles. The van der Waals surface area contributed by atoms with Gasteiger partial charge in [0.1, 0.15) is 10.4 Å². The normalized spacial score (nSPS) is 13.4. The van der Waals surface area contributed by atoms with E-state index >= 15 is 0 Å². The predicted octanol–water partition coefficient (Wildman–Crippen LogP) is 3.59. The maximum absolute atomic E-state index is 5.21. The second-order valence-electron chi connectivity index (χ2n) is 5.83. The fraction of sp³-hybridized carbons (Fsp3) is 0.111. The molecular formula is C18H16Br2N6O. The molecule has 0 bridgehead atoms. The highest BCUT2D eigenvalue weighted by Gasteiger charge is 2.24. The van der Waals surface area contributed by atoms with Crippen molar-refractivity contribution in [2.45, 2.75) is 6.54 Å². The topological polar surface area (TPSA) is 66.7 Å². The number of nitrogens with zero attached hydrogens (tertiary/aromatic N) is 4. The van der Waals surface area contributed by atoms with Gasteiger partial charge in [-0.1, -0.05) is 34.1 Å². The summed E-state index contributed by atoms with van der Waals surface area (Å²) in [5.74, 6) is 1.58. The highest BCUT2D eigenvalue weighted by molar-refractivity contribution is 9.10. The number of hydrogen-bond acceptors (Lipinski definition) is 6. The molecule has 4 rings (SSSR count). The maximum Gasteiger partial charge on any atom is 0.177 e. The third-order valence-corrected chi connectivity index (χ3v) is 5.36. The van der Waals surface area contributed by atoms with Crippen molar-refractivity contribution in [1.82, 2.24) is 25.9 Å². The standard InChI is InChI=1S/C18H16Br2N6O/c1-27-15-7-5-12(6-8-15)11-25-18(22-23-24-25)16-10-21-26(17(16)20)14-4-2-3-13(19)9-14/h2-10,23-24H,11H2,1H3. The minimum atomic E-state index is 0.629. The van der Waals surface area contributed by atoms with E-state index in [0.29, 0.717) is 6.54 Å². The molecule has 138 valence electrons.